The number of nitrogens with one attached hydrogen (secondary N) is 1. The van der Waals surface area contributed by atoms with Crippen LogP contribution in [-0.2, 0) is 15.6 Å². The van der Waals surface area contributed by atoms with Gasteiger partial charge in [0, 0.05) is 11.9 Å². The first-order chi connectivity index (χ1) is 8.44. The molecule has 18 heavy (non-hydrogen) atoms. The number of sulfone groups is 1. The summed E-state index contributed by atoms with van der Waals surface area (Å²) in [5.74, 6) is 0.223. The molecule has 0 amide bonds. The number of rotatable bonds is 3. The second-order valence-electron chi connectivity index (χ2n) is 4.02. The topological polar surface area (TPSA) is 62.8 Å². The van der Waals surface area contributed by atoms with Gasteiger partial charge in [-0.25, -0.2) is 13.4 Å². The van der Waals surface area contributed by atoms with Crippen molar-refractivity contribution < 1.29 is 8.42 Å². The smallest absolute Gasteiger partial charge is 0.154 e. The van der Waals surface area contributed by atoms with E-state index in [0.29, 0.717) is 10.5 Å². The third-order valence-electron chi connectivity index (χ3n) is 2.28. The second kappa shape index (κ2) is 4.99. The summed E-state index contributed by atoms with van der Waals surface area (Å²) in [5, 5.41) is 0. The second-order valence-corrected chi connectivity index (χ2v) is 6.57. The molecule has 2 aromatic rings. The van der Waals surface area contributed by atoms with Crippen molar-refractivity contribution in [1.29, 1.82) is 0 Å². The number of aromatic nitrogens is 2. The molecule has 4 nitrogen and oxygen atoms in total. The summed E-state index contributed by atoms with van der Waals surface area (Å²) in [6, 6.07) is 11.3. The zero-order valence-electron chi connectivity index (χ0n) is 9.75. The molecule has 0 spiro atoms. The zero-order chi connectivity index (χ0) is 13.2. The molecule has 6 heteroatoms. The number of hydrogen-bond acceptors (Lipinski definition) is 4. The highest BCUT2D eigenvalue weighted by molar-refractivity contribution is 7.89. The summed E-state index contributed by atoms with van der Waals surface area (Å²) >= 11 is 5.05. The lowest BCUT2D eigenvalue weighted by molar-refractivity contribution is 0.599. The van der Waals surface area contributed by atoms with Crippen LogP contribution in [0.2, 0.25) is 0 Å². The van der Waals surface area contributed by atoms with Crippen molar-refractivity contribution in [2.24, 2.45) is 0 Å². The number of nitrogens with zero attached hydrogens (tertiary/aromatic N) is 1. The summed E-state index contributed by atoms with van der Waals surface area (Å²) in [4.78, 5) is 7.03. The highest BCUT2D eigenvalue weighted by atomic mass is 32.2. The third kappa shape index (κ3) is 3.48. The molecule has 0 unspecified atom stereocenters. The van der Waals surface area contributed by atoms with Crippen LogP contribution in [0.3, 0.4) is 0 Å². The number of H-pyrrole nitrogens is 1. The number of benzene rings is 1. The molecule has 2 rings (SSSR count). The van der Waals surface area contributed by atoms with Crippen molar-refractivity contribution in [3.05, 3.63) is 46.9 Å². The summed E-state index contributed by atoms with van der Waals surface area (Å²) < 4.78 is 22.9. The Labute approximate surface area is 111 Å². The average Bonchev–Trinajstić information content (AvgIpc) is 2.27. The van der Waals surface area contributed by atoms with Gasteiger partial charge in [0.15, 0.2) is 9.84 Å². The SMILES string of the molecule is CS(=O)(=O)Cc1nc(=S)cc(-c2ccccc2)[nH]1. The molecule has 0 atom stereocenters. The Bertz CT molecular complexity index is 706. The van der Waals surface area contributed by atoms with Gasteiger partial charge in [0.2, 0.25) is 0 Å². The molecule has 0 saturated carbocycles. The Balaban J connectivity index is 2.48. The lowest BCUT2D eigenvalue weighted by Gasteiger charge is -2.05. The fourth-order valence-corrected chi connectivity index (χ4v) is 2.46. The van der Waals surface area contributed by atoms with E-state index in [1.807, 2.05) is 30.3 Å². The van der Waals surface area contributed by atoms with Gasteiger partial charge < -0.3 is 4.98 Å². The molecule has 0 aliphatic heterocycles. The van der Waals surface area contributed by atoms with Crippen LogP contribution in [0.25, 0.3) is 11.3 Å². The lowest BCUT2D eigenvalue weighted by atomic mass is 10.1. The minimum absolute atomic E-state index is 0.142. The van der Waals surface area contributed by atoms with Gasteiger partial charge >= 0.3 is 0 Å². The molecule has 1 heterocycles. The van der Waals surface area contributed by atoms with Crippen molar-refractivity contribution in [2.75, 3.05) is 6.26 Å². The van der Waals surface area contributed by atoms with Gasteiger partial charge in [-0.05, 0) is 11.6 Å². The lowest BCUT2D eigenvalue weighted by Crippen LogP contribution is -2.06. The molecule has 94 valence electrons. The molecule has 0 aliphatic carbocycles. The molecular formula is C12H12N2O2S2. The maximum absolute atomic E-state index is 11.3. The van der Waals surface area contributed by atoms with Crippen LogP contribution in [-0.4, -0.2) is 24.6 Å². The van der Waals surface area contributed by atoms with Gasteiger partial charge in [-0.3, -0.25) is 0 Å². The van der Waals surface area contributed by atoms with Crippen LogP contribution >= 0.6 is 12.2 Å². The first kappa shape index (κ1) is 12.9. The third-order valence-corrected chi connectivity index (χ3v) is 3.28. The van der Waals surface area contributed by atoms with Gasteiger partial charge in [-0.1, -0.05) is 42.5 Å². The molecule has 1 aromatic carbocycles. The largest absolute Gasteiger partial charge is 0.342 e. The van der Waals surface area contributed by atoms with Gasteiger partial charge in [-0.15, -0.1) is 0 Å². The van der Waals surface area contributed by atoms with E-state index in [0.717, 1.165) is 11.3 Å². The molecule has 0 aliphatic rings. The van der Waals surface area contributed by atoms with Gasteiger partial charge in [0.25, 0.3) is 0 Å². The van der Waals surface area contributed by atoms with Crippen LogP contribution in [0.15, 0.2) is 36.4 Å². The number of hydrogen-bond donors (Lipinski definition) is 1. The standard InChI is InChI=1S/C12H12N2O2S2/c1-18(15,16)8-11-13-10(7-12(17)14-11)9-5-3-2-4-6-9/h2-7H,8H2,1H3,(H,13,14,17). The molecule has 0 saturated heterocycles. The van der Waals surface area contributed by atoms with Crippen LogP contribution in [0, 0.1) is 4.64 Å². The normalized spacial score (nSPS) is 11.4. The van der Waals surface area contributed by atoms with E-state index in [9.17, 15) is 8.42 Å². The Morgan fingerprint density at radius 2 is 1.94 bits per heavy atom. The van der Waals surface area contributed by atoms with E-state index in [1.165, 1.54) is 6.26 Å². The highest BCUT2D eigenvalue weighted by Gasteiger charge is 2.08. The first-order valence-electron chi connectivity index (χ1n) is 5.27. The average molecular weight is 280 g/mol. The monoisotopic (exact) mass is 280 g/mol. The Morgan fingerprint density at radius 3 is 2.56 bits per heavy atom. The van der Waals surface area contributed by atoms with Crippen LogP contribution in [0.5, 0.6) is 0 Å². The Morgan fingerprint density at radius 1 is 1.28 bits per heavy atom. The van der Waals surface area contributed by atoms with Crippen molar-refractivity contribution in [1.82, 2.24) is 9.97 Å². The predicted molar refractivity (Wildman–Crippen MR) is 73.4 cm³/mol. The van der Waals surface area contributed by atoms with E-state index in [-0.39, 0.29) is 5.75 Å². The van der Waals surface area contributed by atoms with Crippen LogP contribution in [0.4, 0.5) is 0 Å². The summed E-state index contributed by atoms with van der Waals surface area (Å²) in [6.07, 6.45) is 1.17. The van der Waals surface area contributed by atoms with Crippen molar-refractivity contribution in [3.63, 3.8) is 0 Å². The van der Waals surface area contributed by atoms with E-state index in [2.05, 4.69) is 9.97 Å². The molecular weight excluding hydrogens is 268 g/mol. The maximum atomic E-state index is 11.3. The predicted octanol–water partition coefficient (Wildman–Crippen LogP) is 2.35. The van der Waals surface area contributed by atoms with Crippen molar-refractivity contribution in [2.45, 2.75) is 5.75 Å². The highest BCUT2D eigenvalue weighted by Crippen LogP contribution is 2.16. The fraction of sp³-hybridized carbons (Fsp3) is 0.167. The minimum Gasteiger partial charge on any atom is -0.342 e. The van der Waals surface area contributed by atoms with E-state index in [4.69, 9.17) is 12.2 Å². The molecule has 0 bridgehead atoms. The van der Waals surface area contributed by atoms with Crippen molar-refractivity contribution >= 4 is 22.1 Å². The van der Waals surface area contributed by atoms with Gasteiger partial charge in [-0.2, -0.15) is 0 Å². The van der Waals surface area contributed by atoms with Gasteiger partial charge in [0.1, 0.15) is 16.2 Å². The Hall–Kier alpha value is -1.53. The molecule has 1 N–H and O–H groups in total. The minimum atomic E-state index is -3.13. The summed E-state index contributed by atoms with van der Waals surface area (Å²) in [6.45, 7) is 0. The quantitative estimate of drug-likeness (QED) is 0.877. The maximum Gasteiger partial charge on any atom is 0.154 e. The summed E-state index contributed by atoms with van der Waals surface area (Å²) in [7, 11) is -3.13. The Kier molecular flexibility index (Phi) is 3.58. The molecule has 0 fully saturated rings. The molecule has 0 radical (unpaired) electrons. The number of aromatic amines is 1. The van der Waals surface area contributed by atoms with E-state index >= 15 is 0 Å². The first-order valence-corrected chi connectivity index (χ1v) is 7.74. The van der Waals surface area contributed by atoms with Crippen LogP contribution in [0.1, 0.15) is 5.82 Å². The fourth-order valence-electron chi connectivity index (χ4n) is 1.60. The summed E-state index contributed by atoms with van der Waals surface area (Å²) in [5.41, 5.74) is 1.72. The van der Waals surface area contributed by atoms with E-state index in [1.54, 1.807) is 6.07 Å². The van der Waals surface area contributed by atoms with Crippen molar-refractivity contribution in [3.8, 4) is 11.3 Å². The van der Waals surface area contributed by atoms with Gasteiger partial charge in [0.05, 0.1) is 0 Å². The van der Waals surface area contributed by atoms with E-state index < -0.39 is 9.84 Å². The zero-order valence-corrected chi connectivity index (χ0v) is 11.4. The molecule has 1 aromatic heterocycles. The van der Waals surface area contributed by atoms with Crippen LogP contribution < -0.4 is 0 Å².